The SMILES string of the molecule is O=C(Nc1ccccc1)C1(C(=O)Nc2ccc(Cl)cc2)CC1. The van der Waals surface area contributed by atoms with Gasteiger partial charge in [0.1, 0.15) is 5.41 Å². The molecule has 1 aliphatic rings. The Hall–Kier alpha value is -2.33. The predicted molar refractivity (Wildman–Crippen MR) is 86.8 cm³/mol. The third-order valence-electron chi connectivity index (χ3n) is 3.75. The maximum absolute atomic E-state index is 12.4. The van der Waals surface area contributed by atoms with Crippen molar-refractivity contribution in [1.82, 2.24) is 0 Å². The monoisotopic (exact) mass is 314 g/mol. The number of hydrogen-bond donors (Lipinski definition) is 2. The zero-order valence-corrected chi connectivity index (χ0v) is 12.6. The molecule has 1 fully saturated rings. The van der Waals surface area contributed by atoms with Gasteiger partial charge in [0.05, 0.1) is 0 Å². The van der Waals surface area contributed by atoms with E-state index in [2.05, 4.69) is 10.6 Å². The van der Waals surface area contributed by atoms with Crippen LogP contribution in [0.2, 0.25) is 5.02 Å². The molecule has 0 atom stereocenters. The van der Waals surface area contributed by atoms with Crippen molar-refractivity contribution in [2.75, 3.05) is 10.6 Å². The van der Waals surface area contributed by atoms with Crippen molar-refractivity contribution in [2.45, 2.75) is 12.8 Å². The summed E-state index contributed by atoms with van der Waals surface area (Å²) in [6, 6.07) is 16.0. The van der Waals surface area contributed by atoms with Gasteiger partial charge in [0.2, 0.25) is 11.8 Å². The number of para-hydroxylation sites is 1. The molecule has 0 aromatic heterocycles. The molecule has 0 saturated heterocycles. The summed E-state index contributed by atoms with van der Waals surface area (Å²) >= 11 is 5.81. The minimum atomic E-state index is -0.963. The molecule has 2 amide bonds. The van der Waals surface area contributed by atoms with Gasteiger partial charge in [-0.15, -0.1) is 0 Å². The van der Waals surface area contributed by atoms with E-state index >= 15 is 0 Å². The Morgan fingerprint density at radius 1 is 0.818 bits per heavy atom. The molecule has 0 unspecified atom stereocenters. The summed E-state index contributed by atoms with van der Waals surface area (Å²) < 4.78 is 0. The fraction of sp³-hybridized carbons (Fsp3) is 0.176. The van der Waals surface area contributed by atoms with Gasteiger partial charge in [-0.2, -0.15) is 0 Å². The molecule has 5 heteroatoms. The second-order valence-electron chi connectivity index (χ2n) is 5.36. The third-order valence-corrected chi connectivity index (χ3v) is 4.01. The molecule has 0 aliphatic heterocycles. The number of amides is 2. The number of benzene rings is 2. The molecule has 112 valence electrons. The van der Waals surface area contributed by atoms with E-state index in [9.17, 15) is 9.59 Å². The van der Waals surface area contributed by atoms with Gasteiger partial charge in [-0.1, -0.05) is 29.8 Å². The highest BCUT2D eigenvalue weighted by molar-refractivity contribution is 6.30. The Morgan fingerprint density at radius 2 is 1.32 bits per heavy atom. The lowest BCUT2D eigenvalue weighted by Gasteiger charge is -2.15. The molecule has 22 heavy (non-hydrogen) atoms. The lowest BCUT2D eigenvalue weighted by Crippen LogP contribution is -2.35. The van der Waals surface area contributed by atoms with E-state index in [1.54, 1.807) is 36.4 Å². The first kappa shape index (κ1) is 14.6. The van der Waals surface area contributed by atoms with Crippen molar-refractivity contribution in [3.63, 3.8) is 0 Å². The van der Waals surface area contributed by atoms with Gasteiger partial charge in [-0.25, -0.2) is 0 Å². The van der Waals surface area contributed by atoms with E-state index in [0.29, 0.717) is 29.2 Å². The first-order valence-corrected chi connectivity index (χ1v) is 7.41. The quantitative estimate of drug-likeness (QED) is 0.845. The van der Waals surface area contributed by atoms with Crippen molar-refractivity contribution >= 4 is 34.8 Å². The summed E-state index contributed by atoms with van der Waals surface area (Å²) in [7, 11) is 0. The molecule has 0 radical (unpaired) electrons. The maximum atomic E-state index is 12.4. The maximum Gasteiger partial charge on any atom is 0.240 e. The molecule has 0 bridgehead atoms. The minimum Gasteiger partial charge on any atom is -0.325 e. The molecule has 2 N–H and O–H groups in total. The fourth-order valence-corrected chi connectivity index (χ4v) is 2.36. The van der Waals surface area contributed by atoms with E-state index < -0.39 is 5.41 Å². The number of nitrogens with one attached hydrogen (secondary N) is 2. The Labute approximate surface area is 133 Å². The van der Waals surface area contributed by atoms with Gasteiger partial charge in [-0.05, 0) is 49.2 Å². The molecule has 0 heterocycles. The summed E-state index contributed by atoms with van der Waals surface area (Å²) in [5.41, 5.74) is 0.362. The lowest BCUT2D eigenvalue weighted by molar-refractivity contribution is -0.131. The fourth-order valence-electron chi connectivity index (χ4n) is 2.24. The first-order chi connectivity index (χ1) is 10.6. The van der Waals surface area contributed by atoms with Crippen LogP contribution in [0.4, 0.5) is 11.4 Å². The van der Waals surface area contributed by atoms with Crippen molar-refractivity contribution in [3.05, 3.63) is 59.6 Å². The van der Waals surface area contributed by atoms with Crippen LogP contribution >= 0.6 is 11.6 Å². The molecule has 4 nitrogen and oxygen atoms in total. The summed E-state index contributed by atoms with van der Waals surface area (Å²) in [4.78, 5) is 24.8. The van der Waals surface area contributed by atoms with Gasteiger partial charge in [0, 0.05) is 16.4 Å². The Kier molecular flexibility index (Phi) is 3.86. The molecule has 2 aromatic rings. The van der Waals surface area contributed by atoms with Crippen molar-refractivity contribution < 1.29 is 9.59 Å². The zero-order chi connectivity index (χ0) is 15.6. The zero-order valence-electron chi connectivity index (χ0n) is 11.8. The highest BCUT2D eigenvalue weighted by atomic mass is 35.5. The largest absolute Gasteiger partial charge is 0.325 e. The van der Waals surface area contributed by atoms with Gasteiger partial charge in [0.15, 0.2) is 0 Å². The molecule has 3 rings (SSSR count). The van der Waals surface area contributed by atoms with E-state index in [4.69, 9.17) is 11.6 Å². The van der Waals surface area contributed by atoms with Crippen LogP contribution in [-0.4, -0.2) is 11.8 Å². The number of anilines is 2. The van der Waals surface area contributed by atoms with Gasteiger partial charge < -0.3 is 10.6 Å². The lowest BCUT2D eigenvalue weighted by atomic mass is 10.0. The van der Waals surface area contributed by atoms with E-state index in [1.165, 1.54) is 0 Å². The highest BCUT2D eigenvalue weighted by Crippen LogP contribution is 2.47. The summed E-state index contributed by atoms with van der Waals surface area (Å²) in [5, 5.41) is 6.18. The molecule has 2 aromatic carbocycles. The molecular weight excluding hydrogens is 300 g/mol. The van der Waals surface area contributed by atoms with Crippen molar-refractivity contribution in [3.8, 4) is 0 Å². The number of carbonyl (C=O) groups excluding carboxylic acids is 2. The molecule has 1 aliphatic carbocycles. The van der Waals surface area contributed by atoms with Crippen LogP contribution in [0.5, 0.6) is 0 Å². The first-order valence-electron chi connectivity index (χ1n) is 7.04. The van der Waals surface area contributed by atoms with Crippen LogP contribution < -0.4 is 10.6 Å². The second kappa shape index (κ2) is 5.81. The normalized spacial score (nSPS) is 15.0. The standard InChI is InChI=1S/C17H15ClN2O2/c18-12-6-8-14(9-7-12)20-16(22)17(10-11-17)15(21)19-13-4-2-1-3-5-13/h1-9H,10-11H2,(H,19,21)(H,20,22). The molecule has 0 spiro atoms. The summed E-state index contributed by atoms with van der Waals surface area (Å²) in [6.45, 7) is 0. The van der Waals surface area contributed by atoms with E-state index in [1.807, 2.05) is 18.2 Å². The number of carbonyl (C=O) groups is 2. The topological polar surface area (TPSA) is 58.2 Å². The van der Waals surface area contributed by atoms with Crippen LogP contribution in [-0.2, 0) is 9.59 Å². The van der Waals surface area contributed by atoms with Crippen LogP contribution in [0, 0.1) is 5.41 Å². The van der Waals surface area contributed by atoms with Gasteiger partial charge in [-0.3, -0.25) is 9.59 Å². The van der Waals surface area contributed by atoms with Crippen molar-refractivity contribution in [2.24, 2.45) is 5.41 Å². The average molecular weight is 315 g/mol. The predicted octanol–water partition coefficient (Wildman–Crippen LogP) is 3.70. The Bertz CT molecular complexity index is 694. The van der Waals surface area contributed by atoms with Crippen molar-refractivity contribution in [1.29, 1.82) is 0 Å². The number of hydrogen-bond acceptors (Lipinski definition) is 2. The summed E-state index contributed by atoms with van der Waals surface area (Å²) in [5.74, 6) is -0.534. The Balaban J connectivity index is 1.68. The van der Waals surface area contributed by atoms with Gasteiger partial charge >= 0.3 is 0 Å². The molecular formula is C17H15ClN2O2. The number of rotatable bonds is 4. The minimum absolute atomic E-state index is 0.259. The third kappa shape index (κ3) is 2.97. The second-order valence-corrected chi connectivity index (χ2v) is 5.80. The van der Waals surface area contributed by atoms with Crippen LogP contribution in [0.1, 0.15) is 12.8 Å². The van der Waals surface area contributed by atoms with Crippen LogP contribution in [0.25, 0.3) is 0 Å². The van der Waals surface area contributed by atoms with E-state index in [-0.39, 0.29) is 11.8 Å². The molecule has 1 saturated carbocycles. The van der Waals surface area contributed by atoms with Gasteiger partial charge in [0.25, 0.3) is 0 Å². The average Bonchev–Trinajstić information content (AvgIpc) is 3.32. The highest BCUT2D eigenvalue weighted by Gasteiger charge is 2.56. The van der Waals surface area contributed by atoms with Crippen LogP contribution in [0.3, 0.4) is 0 Å². The smallest absolute Gasteiger partial charge is 0.240 e. The summed E-state index contributed by atoms with van der Waals surface area (Å²) in [6.07, 6.45) is 1.12. The van der Waals surface area contributed by atoms with Crippen LogP contribution in [0.15, 0.2) is 54.6 Å². The Morgan fingerprint density at radius 3 is 1.82 bits per heavy atom. The number of halogens is 1. The van der Waals surface area contributed by atoms with E-state index in [0.717, 1.165) is 0 Å².